The van der Waals surface area contributed by atoms with E-state index in [0.29, 0.717) is 17.1 Å². The smallest absolute Gasteiger partial charge is 0.323 e. The average Bonchev–Trinajstić information content (AvgIpc) is 2.38. The number of carboxylic acids is 1. The summed E-state index contributed by atoms with van der Waals surface area (Å²) in [7, 11) is 3.05. The van der Waals surface area contributed by atoms with Gasteiger partial charge < -0.3 is 19.7 Å². The van der Waals surface area contributed by atoms with Crippen LogP contribution in [0.3, 0.4) is 0 Å². The molecule has 6 nitrogen and oxygen atoms in total. The van der Waals surface area contributed by atoms with E-state index >= 15 is 0 Å². The molecule has 0 heterocycles. The van der Waals surface area contributed by atoms with Crippen LogP contribution in [-0.4, -0.2) is 43.1 Å². The van der Waals surface area contributed by atoms with Crippen LogP contribution in [0.4, 0.5) is 0 Å². The molecule has 0 saturated heterocycles. The molecular weight excluding hydrogens is 238 g/mol. The lowest BCUT2D eigenvalue weighted by molar-refractivity contribution is -0.140. The minimum absolute atomic E-state index is 0.227. The topological polar surface area (TPSA) is 88.0 Å². The molecule has 0 unspecified atom stereocenters. The molecule has 1 aromatic rings. The van der Waals surface area contributed by atoms with Gasteiger partial charge in [-0.3, -0.25) is 10.1 Å². The van der Waals surface area contributed by atoms with Gasteiger partial charge in [-0.05, 0) is 12.1 Å². The fourth-order valence-corrected chi connectivity index (χ4v) is 1.56. The molecule has 18 heavy (non-hydrogen) atoms. The van der Waals surface area contributed by atoms with Crippen molar-refractivity contribution in [3.63, 3.8) is 0 Å². The summed E-state index contributed by atoms with van der Waals surface area (Å²) in [5.41, 5.74) is 0.710. The van der Waals surface area contributed by atoms with Gasteiger partial charge in [-0.2, -0.15) is 0 Å². The molecule has 3 N–H and O–H groups in total. The fraction of sp³-hybridized carbons (Fsp3) is 0.417. The minimum atomic E-state index is -1.11. The number of carbonyl (C=O) groups is 1. The summed E-state index contributed by atoms with van der Waals surface area (Å²) >= 11 is 0. The minimum Gasteiger partial charge on any atom is -0.496 e. The monoisotopic (exact) mass is 255 g/mol. The maximum absolute atomic E-state index is 10.8. The van der Waals surface area contributed by atoms with Gasteiger partial charge in [0, 0.05) is 12.1 Å². The third-order valence-corrected chi connectivity index (χ3v) is 2.54. The zero-order valence-corrected chi connectivity index (χ0v) is 10.3. The van der Waals surface area contributed by atoms with E-state index in [9.17, 15) is 4.79 Å². The molecule has 0 aromatic heterocycles. The molecule has 0 saturated carbocycles. The van der Waals surface area contributed by atoms with Crippen LogP contribution in [0.1, 0.15) is 5.56 Å². The number of hydrogen-bond acceptors (Lipinski definition) is 5. The Bertz CT molecular complexity index is 385. The molecule has 0 aliphatic heterocycles. The second-order valence-electron chi connectivity index (χ2n) is 3.60. The SMILES string of the molecule is COc1cccc(OC)c1CN[C@H](CO)C(=O)O. The number of methoxy groups -OCH3 is 2. The van der Waals surface area contributed by atoms with Crippen LogP contribution in [0.2, 0.25) is 0 Å². The highest BCUT2D eigenvalue weighted by atomic mass is 16.5. The van der Waals surface area contributed by atoms with Gasteiger partial charge in [0.2, 0.25) is 0 Å². The largest absolute Gasteiger partial charge is 0.496 e. The number of benzene rings is 1. The third-order valence-electron chi connectivity index (χ3n) is 2.54. The van der Waals surface area contributed by atoms with Gasteiger partial charge in [-0.1, -0.05) is 6.07 Å². The van der Waals surface area contributed by atoms with Gasteiger partial charge in [0.1, 0.15) is 17.5 Å². The van der Waals surface area contributed by atoms with Crippen LogP contribution in [0.25, 0.3) is 0 Å². The average molecular weight is 255 g/mol. The van der Waals surface area contributed by atoms with Crippen molar-refractivity contribution >= 4 is 5.97 Å². The van der Waals surface area contributed by atoms with Gasteiger partial charge in [0.05, 0.1) is 20.8 Å². The van der Waals surface area contributed by atoms with Crippen molar-refractivity contribution in [3.8, 4) is 11.5 Å². The highest BCUT2D eigenvalue weighted by molar-refractivity contribution is 5.73. The Labute approximate surface area is 105 Å². The van der Waals surface area contributed by atoms with E-state index in [1.807, 2.05) is 0 Å². The van der Waals surface area contributed by atoms with Gasteiger partial charge >= 0.3 is 5.97 Å². The Morgan fingerprint density at radius 3 is 2.28 bits per heavy atom. The normalized spacial score (nSPS) is 11.9. The molecule has 100 valence electrons. The molecule has 0 spiro atoms. The molecule has 0 aliphatic rings. The Morgan fingerprint density at radius 2 is 1.89 bits per heavy atom. The maximum Gasteiger partial charge on any atom is 0.323 e. The fourth-order valence-electron chi connectivity index (χ4n) is 1.56. The van der Waals surface area contributed by atoms with E-state index in [2.05, 4.69) is 5.32 Å². The lowest BCUT2D eigenvalue weighted by atomic mass is 10.1. The number of aliphatic hydroxyl groups excluding tert-OH is 1. The molecular formula is C12H17NO5. The maximum atomic E-state index is 10.8. The lowest BCUT2D eigenvalue weighted by Gasteiger charge is -2.16. The first kappa shape index (κ1) is 14.3. The third kappa shape index (κ3) is 3.35. The molecule has 1 rings (SSSR count). The number of ether oxygens (including phenoxy) is 2. The van der Waals surface area contributed by atoms with E-state index in [0.717, 1.165) is 0 Å². The number of rotatable bonds is 7. The van der Waals surface area contributed by atoms with Crippen molar-refractivity contribution in [1.29, 1.82) is 0 Å². The summed E-state index contributed by atoms with van der Waals surface area (Å²) in [6.45, 7) is -0.252. The standard InChI is InChI=1S/C12H17NO5/c1-17-10-4-3-5-11(18-2)8(10)6-13-9(7-14)12(15)16/h3-5,9,13-14H,6-7H2,1-2H3,(H,15,16)/t9-/m1/s1. The van der Waals surface area contributed by atoms with Crippen LogP contribution in [0.5, 0.6) is 11.5 Å². The summed E-state index contributed by atoms with van der Waals surface area (Å²) < 4.78 is 10.4. The molecule has 6 heteroatoms. The number of aliphatic carboxylic acids is 1. The van der Waals surface area contributed by atoms with Crippen molar-refractivity contribution in [2.24, 2.45) is 0 Å². The molecule has 0 bridgehead atoms. The summed E-state index contributed by atoms with van der Waals surface area (Å²) in [6, 6.07) is 4.28. The Kier molecular flexibility index (Phi) is 5.41. The Hall–Kier alpha value is -1.79. The predicted molar refractivity (Wildman–Crippen MR) is 64.9 cm³/mol. The van der Waals surface area contributed by atoms with E-state index in [-0.39, 0.29) is 6.54 Å². The quantitative estimate of drug-likeness (QED) is 0.647. The Morgan fingerprint density at radius 1 is 1.33 bits per heavy atom. The summed E-state index contributed by atoms with van der Waals surface area (Å²) in [4.78, 5) is 10.8. The second kappa shape index (κ2) is 6.83. The van der Waals surface area contributed by atoms with E-state index in [1.54, 1.807) is 18.2 Å². The van der Waals surface area contributed by atoms with Crippen LogP contribution in [0.15, 0.2) is 18.2 Å². The van der Waals surface area contributed by atoms with E-state index < -0.39 is 18.6 Å². The number of nitrogens with one attached hydrogen (secondary N) is 1. The number of aliphatic hydroxyl groups is 1. The van der Waals surface area contributed by atoms with Crippen molar-refractivity contribution in [2.45, 2.75) is 12.6 Å². The second-order valence-corrected chi connectivity index (χ2v) is 3.60. The van der Waals surface area contributed by atoms with Crippen LogP contribution in [0, 0.1) is 0 Å². The zero-order chi connectivity index (χ0) is 13.5. The van der Waals surface area contributed by atoms with Crippen LogP contribution >= 0.6 is 0 Å². The number of hydrogen-bond donors (Lipinski definition) is 3. The number of carboxylic acid groups (broad SMARTS) is 1. The highest BCUT2D eigenvalue weighted by Crippen LogP contribution is 2.27. The van der Waals surface area contributed by atoms with Crippen LogP contribution in [-0.2, 0) is 11.3 Å². The molecule has 0 aliphatic carbocycles. The Balaban J connectivity index is 2.85. The summed E-state index contributed by atoms with van der Waals surface area (Å²) in [5, 5.41) is 20.5. The van der Waals surface area contributed by atoms with Gasteiger partial charge in [0.15, 0.2) is 0 Å². The van der Waals surface area contributed by atoms with Gasteiger partial charge in [-0.25, -0.2) is 0 Å². The summed E-state index contributed by atoms with van der Waals surface area (Å²) in [5.74, 6) is 0.0965. The zero-order valence-electron chi connectivity index (χ0n) is 10.3. The van der Waals surface area contributed by atoms with Crippen molar-refractivity contribution in [1.82, 2.24) is 5.32 Å². The predicted octanol–water partition coefficient (Wildman–Crippen LogP) is 0.239. The van der Waals surface area contributed by atoms with Crippen molar-refractivity contribution in [2.75, 3.05) is 20.8 Å². The molecule has 1 aromatic carbocycles. The summed E-state index contributed by atoms with van der Waals surface area (Å²) in [6.07, 6.45) is 0. The van der Waals surface area contributed by atoms with Gasteiger partial charge in [0.25, 0.3) is 0 Å². The van der Waals surface area contributed by atoms with Crippen LogP contribution < -0.4 is 14.8 Å². The lowest BCUT2D eigenvalue weighted by Crippen LogP contribution is -2.39. The van der Waals surface area contributed by atoms with E-state index in [1.165, 1.54) is 14.2 Å². The van der Waals surface area contributed by atoms with E-state index in [4.69, 9.17) is 19.7 Å². The first-order chi connectivity index (χ1) is 8.63. The van der Waals surface area contributed by atoms with Crippen molar-refractivity contribution in [3.05, 3.63) is 23.8 Å². The molecule has 0 fully saturated rings. The van der Waals surface area contributed by atoms with Gasteiger partial charge in [-0.15, -0.1) is 0 Å². The first-order valence-corrected chi connectivity index (χ1v) is 5.41. The van der Waals surface area contributed by atoms with Crippen molar-refractivity contribution < 1.29 is 24.5 Å². The highest BCUT2D eigenvalue weighted by Gasteiger charge is 2.17. The molecule has 1 atom stereocenters. The molecule has 0 radical (unpaired) electrons. The molecule has 0 amide bonds. The first-order valence-electron chi connectivity index (χ1n) is 5.41.